The van der Waals surface area contributed by atoms with Crippen molar-refractivity contribution in [2.45, 2.75) is 30.4 Å². The summed E-state index contributed by atoms with van der Waals surface area (Å²) in [5, 5.41) is 9.40. The van der Waals surface area contributed by atoms with Crippen molar-refractivity contribution < 1.29 is 18.0 Å². The van der Waals surface area contributed by atoms with E-state index in [0.29, 0.717) is 16.7 Å². The van der Waals surface area contributed by atoms with E-state index in [0.717, 1.165) is 35.0 Å². The van der Waals surface area contributed by atoms with Gasteiger partial charge in [-0.2, -0.15) is 13.2 Å². The minimum atomic E-state index is -4.41. The quantitative estimate of drug-likeness (QED) is 0.590. The van der Waals surface area contributed by atoms with Crippen molar-refractivity contribution in [3.8, 4) is 11.4 Å². The van der Waals surface area contributed by atoms with E-state index in [1.807, 2.05) is 31.2 Å². The third kappa shape index (κ3) is 4.92. The number of aromatic nitrogens is 3. The van der Waals surface area contributed by atoms with Gasteiger partial charge in [0.1, 0.15) is 0 Å². The van der Waals surface area contributed by atoms with Crippen molar-refractivity contribution in [1.82, 2.24) is 15.2 Å². The van der Waals surface area contributed by atoms with E-state index in [1.54, 1.807) is 6.92 Å². The van der Waals surface area contributed by atoms with E-state index in [9.17, 15) is 18.0 Å². The third-order valence-corrected chi connectivity index (χ3v) is 4.88. The van der Waals surface area contributed by atoms with Crippen LogP contribution in [0.4, 0.5) is 18.9 Å². The van der Waals surface area contributed by atoms with Crippen molar-refractivity contribution in [3.63, 3.8) is 0 Å². The van der Waals surface area contributed by atoms with Crippen LogP contribution >= 0.6 is 11.8 Å². The van der Waals surface area contributed by atoms with Gasteiger partial charge in [-0.1, -0.05) is 41.6 Å². The molecule has 0 fully saturated rings. The van der Waals surface area contributed by atoms with E-state index < -0.39 is 17.0 Å². The normalized spacial score (nSPS) is 12.6. The number of aromatic amines is 1. The van der Waals surface area contributed by atoms with Crippen molar-refractivity contribution in [2.24, 2.45) is 0 Å². The number of benzene rings is 2. The van der Waals surface area contributed by atoms with E-state index in [1.165, 1.54) is 12.1 Å². The number of hydrogen-bond donors (Lipinski definition) is 2. The first-order valence-electron chi connectivity index (χ1n) is 8.36. The van der Waals surface area contributed by atoms with Gasteiger partial charge in [0.2, 0.25) is 11.1 Å². The number of rotatable bonds is 5. The fourth-order valence-electron chi connectivity index (χ4n) is 2.34. The number of thioether (sulfide) groups is 1. The second-order valence-electron chi connectivity index (χ2n) is 6.16. The summed E-state index contributed by atoms with van der Waals surface area (Å²) in [4.78, 5) is 16.7. The van der Waals surface area contributed by atoms with Crippen LogP contribution in [0.1, 0.15) is 18.1 Å². The summed E-state index contributed by atoms with van der Waals surface area (Å²) in [5.41, 5.74) is 1.54. The van der Waals surface area contributed by atoms with Gasteiger partial charge in [0, 0.05) is 11.3 Å². The molecule has 1 amide bonds. The molecule has 0 aliphatic rings. The van der Waals surface area contributed by atoms with Crippen molar-refractivity contribution in [1.29, 1.82) is 0 Å². The van der Waals surface area contributed by atoms with Gasteiger partial charge in [-0.25, -0.2) is 4.98 Å². The molecule has 5 nitrogen and oxygen atoms in total. The molecular weight excluding hydrogens is 389 g/mol. The SMILES string of the molecule is Cc1ccc(-c2nc(S[C@H](C)C(=O)Nc3ccc(C(F)(F)F)cc3)n[nH]2)cc1. The highest BCUT2D eigenvalue weighted by molar-refractivity contribution is 8.00. The summed E-state index contributed by atoms with van der Waals surface area (Å²) in [6, 6.07) is 12.1. The summed E-state index contributed by atoms with van der Waals surface area (Å²) in [6.07, 6.45) is -4.41. The molecule has 0 aliphatic carbocycles. The number of carbonyl (C=O) groups is 1. The monoisotopic (exact) mass is 406 g/mol. The van der Waals surface area contributed by atoms with Crippen LogP contribution in [0.5, 0.6) is 0 Å². The zero-order valence-corrected chi connectivity index (χ0v) is 15.9. The number of carbonyl (C=O) groups excluding carboxylic acids is 1. The Labute approximate surface area is 163 Å². The fraction of sp³-hybridized carbons (Fsp3) is 0.211. The number of nitrogens with one attached hydrogen (secondary N) is 2. The molecule has 9 heteroatoms. The summed E-state index contributed by atoms with van der Waals surface area (Å²) in [5.74, 6) is 0.240. The fourth-order valence-corrected chi connectivity index (χ4v) is 3.06. The topological polar surface area (TPSA) is 70.7 Å². The summed E-state index contributed by atoms with van der Waals surface area (Å²) in [7, 11) is 0. The maximum Gasteiger partial charge on any atom is 0.416 e. The molecule has 0 radical (unpaired) electrons. The zero-order chi connectivity index (χ0) is 20.3. The average molecular weight is 406 g/mol. The lowest BCUT2D eigenvalue weighted by atomic mass is 10.1. The van der Waals surface area contributed by atoms with Crippen LogP contribution in [-0.2, 0) is 11.0 Å². The van der Waals surface area contributed by atoms with Crippen LogP contribution in [0, 0.1) is 6.92 Å². The maximum atomic E-state index is 12.6. The van der Waals surface area contributed by atoms with E-state index in [4.69, 9.17) is 0 Å². The van der Waals surface area contributed by atoms with Gasteiger partial charge in [-0.3, -0.25) is 9.89 Å². The molecule has 0 bridgehead atoms. The largest absolute Gasteiger partial charge is 0.416 e. The van der Waals surface area contributed by atoms with Crippen molar-refractivity contribution in [2.75, 3.05) is 5.32 Å². The number of anilines is 1. The van der Waals surface area contributed by atoms with Gasteiger partial charge >= 0.3 is 6.18 Å². The second-order valence-corrected chi connectivity index (χ2v) is 7.47. The summed E-state index contributed by atoms with van der Waals surface area (Å²) < 4.78 is 37.8. The lowest BCUT2D eigenvalue weighted by Crippen LogP contribution is -2.22. The van der Waals surface area contributed by atoms with Crippen molar-refractivity contribution >= 4 is 23.4 Å². The molecule has 0 spiro atoms. The minimum absolute atomic E-state index is 0.292. The van der Waals surface area contributed by atoms with Crippen LogP contribution in [-0.4, -0.2) is 26.3 Å². The maximum absolute atomic E-state index is 12.6. The number of halogens is 3. The average Bonchev–Trinajstić information content (AvgIpc) is 3.10. The van der Waals surface area contributed by atoms with E-state index >= 15 is 0 Å². The molecule has 3 rings (SSSR count). The van der Waals surface area contributed by atoms with Crippen molar-refractivity contribution in [3.05, 3.63) is 59.7 Å². The second kappa shape index (κ2) is 8.05. The van der Waals surface area contributed by atoms with Gasteiger partial charge < -0.3 is 5.32 Å². The number of alkyl halides is 3. The van der Waals surface area contributed by atoms with Gasteiger partial charge in [-0.15, -0.1) is 5.10 Å². The molecule has 1 atom stereocenters. The molecule has 146 valence electrons. The van der Waals surface area contributed by atoms with Gasteiger partial charge in [0.05, 0.1) is 10.8 Å². The molecule has 0 aliphatic heterocycles. The highest BCUT2D eigenvalue weighted by atomic mass is 32.2. The Morgan fingerprint density at radius 2 is 1.75 bits per heavy atom. The van der Waals surface area contributed by atoms with Crippen LogP contribution in [0.15, 0.2) is 53.7 Å². The minimum Gasteiger partial charge on any atom is -0.325 e. The molecule has 0 saturated heterocycles. The smallest absolute Gasteiger partial charge is 0.325 e. The molecule has 1 heterocycles. The molecule has 0 saturated carbocycles. The highest BCUT2D eigenvalue weighted by Crippen LogP contribution is 2.30. The van der Waals surface area contributed by atoms with E-state index in [-0.39, 0.29) is 5.91 Å². The predicted octanol–water partition coefficient (Wildman–Crippen LogP) is 4.92. The number of aryl methyl sites for hydroxylation is 1. The molecule has 3 aromatic rings. The van der Waals surface area contributed by atoms with Gasteiger partial charge in [0.25, 0.3) is 0 Å². The summed E-state index contributed by atoms with van der Waals surface area (Å²) >= 11 is 1.15. The van der Waals surface area contributed by atoms with Crippen LogP contribution in [0.3, 0.4) is 0 Å². The van der Waals surface area contributed by atoms with Crippen LogP contribution in [0.2, 0.25) is 0 Å². The molecule has 1 aromatic heterocycles. The summed E-state index contributed by atoms with van der Waals surface area (Å²) in [6.45, 7) is 3.66. The van der Waals surface area contributed by atoms with Gasteiger partial charge in [0.15, 0.2) is 5.82 Å². The number of amides is 1. The number of hydrogen-bond acceptors (Lipinski definition) is 4. The Bertz CT molecular complexity index is 953. The number of nitrogens with zero attached hydrogens (tertiary/aromatic N) is 2. The standard InChI is InChI=1S/C19H17F3N4OS/c1-11-3-5-13(6-4-11)16-24-18(26-25-16)28-12(2)17(27)23-15-9-7-14(8-10-15)19(20,21)22/h3-10,12H,1-2H3,(H,23,27)(H,24,25,26)/t12-/m1/s1. The van der Waals surface area contributed by atoms with Crippen LogP contribution < -0.4 is 5.32 Å². The predicted molar refractivity (Wildman–Crippen MR) is 102 cm³/mol. The Balaban J connectivity index is 1.61. The molecule has 0 unspecified atom stereocenters. The van der Waals surface area contributed by atoms with E-state index in [2.05, 4.69) is 20.5 Å². The zero-order valence-electron chi connectivity index (χ0n) is 15.0. The molecule has 2 N–H and O–H groups in total. The lowest BCUT2D eigenvalue weighted by Gasteiger charge is -2.11. The Morgan fingerprint density at radius 1 is 1.11 bits per heavy atom. The Kier molecular flexibility index (Phi) is 5.73. The third-order valence-electron chi connectivity index (χ3n) is 3.92. The van der Waals surface area contributed by atoms with Crippen LogP contribution in [0.25, 0.3) is 11.4 Å². The lowest BCUT2D eigenvalue weighted by molar-refractivity contribution is -0.137. The number of H-pyrrole nitrogens is 1. The molecule has 2 aromatic carbocycles. The first kappa shape index (κ1) is 19.9. The van der Waals surface area contributed by atoms with Gasteiger partial charge in [-0.05, 0) is 38.1 Å². The molecule has 28 heavy (non-hydrogen) atoms. The first-order valence-corrected chi connectivity index (χ1v) is 9.24. The Hall–Kier alpha value is -2.81. The Morgan fingerprint density at radius 3 is 2.36 bits per heavy atom. The first-order chi connectivity index (χ1) is 13.2. The highest BCUT2D eigenvalue weighted by Gasteiger charge is 2.30. The molecular formula is C19H17F3N4OS.